The highest BCUT2D eigenvalue weighted by molar-refractivity contribution is 7.08. The van der Waals surface area contributed by atoms with E-state index >= 15 is 0 Å². The van der Waals surface area contributed by atoms with Gasteiger partial charge in [-0.05, 0) is 28.3 Å². The number of aryl methyl sites for hydroxylation is 1. The van der Waals surface area contributed by atoms with E-state index in [1.165, 1.54) is 11.3 Å². The maximum Gasteiger partial charge on any atom is 0.205 e. The number of rotatable bonds is 5. The lowest BCUT2D eigenvalue weighted by Crippen LogP contribution is -2.15. The van der Waals surface area contributed by atoms with Gasteiger partial charge in [0.2, 0.25) is 10.6 Å². The third-order valence-electron chi connectivity index (χ3n) is 4.09. The number of aromatic nitrogens is 6. The van der Waals surface area contributed by atoms with Crippen LogP contribution in [0.4, 0.5) is 0 Å². The molecule has 7 nitrogen and oxygen atoms in total. The summed E-state index contributed by atoms with van der Waals surface area (Å²) in [6.07, 6.45) is 0.856. The van der Waals surface area contributed by atoms with E-state index in [-0.39, 0.29) is 0 Å². The molecule has 0 fully saturated rings. The van der Waals surface area contributed by atoms with Crippen LogP contribution in [0.5, 0.6) is 0 Å². The van der Waals surface area contributed by atoms with Gasteiger partial charge in [0.15, 0.2) is 0 Å². The molecule has 0 unspecified atom stereocenters. The molecule has 0 aliphatic carbocycles. The largest absolute Gasteiger partial charge is 0.274 e. The summed E-state index contributed by atoms with van der Waals surface area (Å²) in [4.78, 5) is 0.480. The van der Waals surface area contributed by atoms with E-state index in [2.05, 4.69) is 56.9 Å². The highest BCUT2D eigenvalue weighted by Crippen LogP contribution is 2.29. The molecule has 2 heterocycles. The number of benzene rings is 2. The molecule has 0 atom stereocenters. The van der Waals surface area contributed by atoms with Crippen LogP contribution in [0.15, 0.2) is 48.5 Å². The van der Waals surface area contributed by atoms with Gasteiger partial charge in [0, 0.05) is 5.56 Å². The number of hydrogen-bond acceptors (Lipinski definition) is 6. The molecule has 0 aliphatic heterocycles. The van der Waals surface area contributed by atoms with Crippen LogP contribution in [-0.2, 0) is 13.0 Å². The highest BCUT2D eigenvalue weighted by Gasteiger charge is 2.10. The molecule has 0 aliphatic rings. The van der Waals surface area contributed by atoms with Crippen molar-refractivity contribution in [1.29, 1.82) is 5.41 Å². The van der Waals surface area contributed by atoms with Crippen molar-refractivity contribution in [2.45, 2.75) is 19.9 Å². The Morgan fingerprint density at radius 2 is 1.85 bits per heavy atom. The maximum absolute atomic E-state index is 8.03. The lowest BCUT2D eigenvalue weighted by atomic mass is 9.98. The van der Waals surface area contributed by atoms with Crippen molar-refractivity contribution >= 4 is 11.3 Å². The molecule has 0 radical (unpaired) electrons. The topological polar surface area (TPSA) is 96.1 Å². The Kier molecular flexibility index (Phi) is 4.40. The van der Waals surface area contributed by atoms with E-state index in [0.29, 0.717) is 17.2 Å². The molecular weight excluding hydrogens is 346 g/mol. The van der Waals surface area contributed by atoms with E-state index in [0.717, 1.165) is 33.7 Å². The van der Waals surface area contributed by atoms with Crippen LogP contribution in [-0.4, -0.2) is 30.4 Å². The first-order valence-corrected chi connectivity index (χ1v) is 9.10. The first-order chi connectivity index (χ1) is 12.7. The zero-order chi connectivity index (χ0) is 17.9. The van der Waals surface area contributed by atoms with Crippen LogP contribution in [0.1, 0.15) is 17.5 Å². The van der Waals surface area contributed by atoms with E-state index in [1.807, 2.05) is 24.3 Å². The zero-order valence-corrected chi connectivity index (χ0v) is 15.0. The highest BCUT2D eigenvalue weighted by atomic mass is 32.1. The Hall–Kier alpha value is -3.13. The molecule has 0 amide bonds. The molecule has 4 rings (SSSR count). The summed E-state index contributed by atoms with van der Waals surface area (Å²) in [6, 6.07) is 16.3. The van der Waals surface area contributed by atoms with Crippen molar-refractivity contribution in [1.82, 2.24) is 30.4 Å². The average molecular weight is 363 g/mol. The first kappa shape index (κ1) is 16.3. The molecule has 0 bridgehead atoms. The van der Waals surface area contributed by atoms with Crippen LogP contribution >= 0.6 is 11.3 Å². The molecule has 2 N–H and O–H groups in total. The number of aromatic amines is 1. The third-order valence-corrected chi connectivity index (χ3v) is 5.10. The molecule has 4 aromatic rings. The fourth-order valence-electron chi connectivity index (χ4n) is 2.78. The van der Waals surface area contributed by atoms with Gasteiger partial charge in [0.25, 0.3) is 0 Å². The van der Waals surface area contributed by atoms with Crippen LogP contribution in [0.3, 0.4) is 0 Å². The minimum Gasteiger partial charge on any atom is -0.274 e. The molecule has 26 heavy (non-hydrogen) atoms. The van der Waals surface area contributed by atoms with Gasteiger partial charge in [-0.1, -0.05) is 66.8 Å². The van der Waals surface area contributed by atoms with Gasteiger partial charge in [-0.15, -0.1) is 10.2 Å². The van der Waals surface area contributed by atoms with Gasteiger partial charge in [-0.3, -0.25) is 5.41 Å². The van der Waals surface area contributed by atoms with Gasteiger partial charge in [0.05, 0.1) is 6.54 Å². The summed E-state index contributed by atoms with van der Waals surface area (Å²) in [5.41, 5.74) is 4.18. The quantitative estimate of drug-likeness (QED) is 0.570. The fraction of sp³-hybridized carbons (Fsp3) is 0.167. The van der Waals surface area contributed by atoms with Gasteiger partial charge in [0.1, 0.15) is 5.01 Å². The van der Waals surface area contributed by atoms with Crippen molar-refractivity contribution in [3.63, 3.8) is 0 Å². The van der Waals surface area contributed by atoms with Crippen LogP contribution in [0.25, 0.3) is 22.5 Å². The third kappa shape index (κ3) is 3.18. The lowest BCUT2D eigenvalue weighted by molar-refractivity contribution is 0.638. The second-order valence-electron chi connectivity index (χ2n) is 5.79. The van der Waals surface area contributed by atoms with Crippen LogP contribution in [0.2, 0.25) is 0 Å². The Morgan fingerprint density at radius 1 is 1.08 bits per heavy atom. The number of H-pyrrole nitrogens is 1. The molecule has 8 heteroatoms. The minimum atomic E-state index is 0.480. The van der Waals surface area contributed by atoms with E-state index in [1.54, 1.807) is 4.68 Å². The van der Waals surface area contributed by atoms with E-state index in [4.69, 9.17) is 5.41 Å². The summed E-state index contributed by atoms with van der Waals surface area (Å²) in [5.74, 6) is 0.577. The maximum atomic E-state index is 8.03. The summed E-state index contributed by atoms with van der Waals surface area (Å²) < 4.78 is 1.74. The van der Waals surface area contributed by atoms with Crippen molar-refractivity contribution < 1.29 is 0 Å². The van der Waals surface area contributed by atoms with Crippen molar-refractivity contribution in [2.75, 3.05) is 0 Å². The predicted molar refractivity (Wildman–Crippen MR) is 99.5 cm³/mol. The SMILES string of the molecule is CCc1nn(Cc2ccc(-c3ccccc3-c3nn[nH]n3)cc2)c(=N)s1. The summed E-state index contributed by atoms with van der Waals surface area (Å²) in [5, 5.41) is 27.8. The summed E-state index contributed by atoms with van der Waals surface area (Å²) in [7, 11) is 0. The van der Waals surface area contributed by atoms with Crippen molar-refractivity contribution in [3.8, 4) is 22.5 Å². The molecule has 0 saturated carbocycles. The van der Waals surface area contributed by atoms with Crippen molar-refractivity contribution in [2.24, 2.45) is 0 Å². The Bertz CT molecular complexity index is 1060. The molecule has 130 valence electrons. The minimum absolute atomic E-state index is 0.480. The Morgan fingerprint density at radius 3 is 2.50 bits per heavy atom. The smallest absolute Gasteiger partial charge is 0.205 e. The molecule has 2 aromatic carbocycles. The second-order valence-corrected chi connectivity index (χ2v) is 6.85. The molecule has 0 saturated heterocycles. The summed E-state index contributed by atoms with van der Waals surface area (Å²) in [6.45, 7) is 2.65. The standard InChI is InChI=1S/C18H17N7S/c1-2-16-22-25(18(19)26-16)11-12-7-9-13(10-8-12)14-5-3-4-6-15(14)17-20-23-24-21-17/h3-10,19H,2,11H2,1H3,(H,20,21,23,24). The fourth-order valence-corrected chi connectivity index (χ4v) is 3.50. The molecular formula is C18H17N7S. The van der Waals surface area contributed by atoms with E-state index < -0.39 is 0 Å². The summed E-state index contributed by atoms with van der Waals surface area (Å²) >= 11 is 1.43. The Labute approximate surface area is 153 Å². The van der Waals surface area contributed by atoms with Crippen LogP contribution < -0.4 is 4.80 Å². The van der Waals surface area contributed by atoms with Crippen LogP contribution in [0, 0.1) is 5.41 Å². The first-order valence-electron chi connectivity index (χ1n) is 8.28. The number of nitrogens with one attached hydrogen (secondary N) is 2. The normalized spacial score (nSPS) is 11.0. The van der Waals surface area contributed by atoms with Gasteiger partial charge >= 0.3 is 0 Å². The van der Waals surface area contributed by atoms with Gasteiger partial charge in [-0.25, -0.2) is 4.68 Å². The van der Waals surface area contributed by atoms with Gasteiger partial charge < -0.3 is 0 Å². The average Bonchev–Trinajstić information content (AvgIpc) is 3.33. The number of nitrogens with zero attached hydrogens (tertiary/aromatic N) is 5. The monoisotopic (exact) mass is 363 g/mol. The molecule has 0 spiro atoms. The lowest BCUT2D eigenvalue weighted by Gasteiger charge is -2.08. The number of tetrazole rings is 1. The predicted octanol–water partition coefficient (Wildman–Crippen LogP) is 2.88. The van der Waals surface area contributed by atoms with E-state index in [9.17, 15) is 0 Å². The van der Waals surface area contributed by atoms with Crippen molar-refractivity contribution in [3.05, 3.63) is 63.9 Å². The Balaban J connectivity index is 1.63. The van der Waals surface area contributed by atoms with Gasteiger partial charge in [-0.2, -0.15) is 10.3 Å². The second kappa shape index (κ2) is 7.01. The number of hydrogen-bond donors (Lipinski definition) is 2. The zero-order valence-electron chi connectivity index (χ0n) is 14.2. The molecule has 2 aromatic heterocycles.